The van der Waals surface area contributed by atoms with Crippen molar-refractivity contribution >= 4 is 22.8 Å². The second-order valence-corrected chi connectivity index (χ2v) is 5.66. The monoisotopic (exact) mass is 366 g/mol. The topological polar surface area (TPSA) is 134 Å². The molecular weight excluding hydrogens is 354 g/mol. The van der Waals surface area contributed by atoms with E-state index in [0.717, 1.165) is 17.2 Å². The number of halogens is 3. The van der Waals surface area contributed by atoms with Crippen molar-refractivity contribution in [1.29, 1.82) is 0 Å². The molecule has 1 saturated heterocycles. The van der Waals surface area contributed by atoms with Gasteiger partial charge in [0.15, 0.2) is 16.9 Å². The quantitative estimate of drug-likeness (QED) is 0.502. The number of nitrogens with zero attached hydrogens (tertiary/aromatic N) is 4. The van der Waals surface area contributed by atoms with E-state index >= 15 is 0 Å². The number of alkyl halides is 2. The summed E-state index contributed by atoms with van der Waals surface area (Å²) in [6.07, 6.45) is -8.58. The van der Waals surface area contributed by atoms with Crippen molar-refractivity contribution in [3.8, 4) is 0 Å². The van der Waals surface area contributed by atoms with Crippen molar-refractivity contribution in [2.75, 3.05) is 6.61 Å². The Bertz CT molecular complexity index is 747. The van der Waals surface area contributed by atoms with Crippen LogP contribution in [-0.2, 0) is 4.74 Å². The van der Waals surface area contributed by atoms with E-state index < -0.39 is 43.2 Å². The van der Waals surface area contributed by atoms with E-state index in [1.165, 1.54) is 0 Å². The van der Waals surface area contributed by atoms with Gasteiger partial charge in [-0.1, -0.05) is 11.6 Å². The van der Waals surface area contributed by atoms with Crippen LogP contribution in [0.1, 0.15) is 6.23 Å². The molecule has 0 amide bonds. The first-order valence-corrected chi connectivity index (χ1v) is 7.18. The molecular formula is C12H13ClF2N4O5. The first-order chi connectivity index (χ1) is 11.3. The number of hydrogen-bond donors (Lipinski definition) is 4. The molecule has 1 aliphatic rings. The van der Waals surface area contributed by atoms with Crippen LogP contribution in [0.5, 0.6) is 0 Å². The fourth-order valence-corrected chi connectivity index (χ4v) is 2.69. The summed E-state index contributed by atoms with van der Waals surface area (Å²) in [6, 6.07) is 0. The highest BCUT2D eigenvalue weighted by Crippen LogP contribution is 2.41. The Hall–Kier alpha value is -1.50. The maximum Gasteiger partial charge on any atom is 0.320 e. The third kappa shape index (κ3) is 2.53. The van der Waals surface area contributed by atoms with Crippen molar-refractivity contribution < 1.29 is 33.9 Å². The highest BCUT2D eigenvalue weighted by molar-refractivity contribution is 6.33. The third-order valence-electron chi connectivity index (χ3n) is 3.83. The Balaban J connectivity index is 2.14. The van der Waals surface area contributed by atoms with Crippen LogP contribution in [0.2, 0.25) is 5.15 Å². The Morgan fingerprint density at radius 1 is 1.21 bits per heavy atom. The second-order valence-electron chi connectivity index (χ2n) is 5.30. The summed E-state index contributed by atoms with van der Waals surface area (Å²) in [5, 5.41) is 38.4. The molecule has 2 aromatic heterocycles. The van der Waals surface area contributed by atoms with E-state index in [1.807, 2.05) is 0 Å². The minimum atomic E-state index is -4.03. The summed E-state index contributed by atoms with van der Waals surface area (Å²) in [4.78, 5) is 11.3. The lowest BCUT2D eigenvalue weighted by Crippen LogP contribution is -2.50. The summed E-state index contributed by atoms with van der Waals surface area (Å²) in [5.74, 6) is -4.03. The molecule has 5 atom stereocenters. The van der Waals surface area contributed by atoms with Crippen LogP contribution in [0.3, 0.4) is 0 Å². The number of ether oxygens (including phenoxy) is 1. The fraction of sp³-hybridized carbons (Fsp3) is 0.583. The summed E-state index contributed by atoms with van der Waals surface area (Å²) < 4.78 is 35.1. The van der Waals surface area contributed by atoms with E-state index in [1.54, 1.807) is 0 Å². The zero-order valence-corrected chi connectivity index (χ0v) is 12.6. The molecule has 0 aliphatic carbocycles. The number of aliphatic hydroxyl groups is 4. The number of aliphatic hydroxyl groups excluding tert-OH is 4. The van der Waals surface area contributed by atoms with Gasteiger partial charge in [0.2, 0.25) is 6.23 Å². The van der Waals surface area contributed by atoms with Crippen molar-refractivity contribution in [3.05, 3.63) is 17.8 Å². The van der Waals surface area contributed by atoms with Gasteiger partial charge in [-0.2, -0.15) is 8.78 Å². The molecule has 0 spiro atoms. The zero-order valence-electron chi connectivity index (χ0n) is 11.9. The number of imidazole rings is 1. The molecule has 1 fully saturated rings. The largest absolute Gasteiger partial charge is 0.394 e. The van der Waals surface area contributed by atoms with Crippen molar-refractivity contribution in [3.63, 3.8) is 0 Å². The van der Waals surface area contributed by atoms with E-state index in [0.29, 0.717) is 0 Å². The average molecular weight is 367 g/mol. The van der Waals surface area contributed by atoms with Gasteiger partial charge in [0, 0.05) is 0 Å². The normalized spacial score (nSPS) is 33.5. The Labute approximate surface area is 138 Å². The lowest BCUT2D eigenvalue weighted by atomic mass is 10.00. The zero-order chi connectivity index (χ0) is 17.6. The molecule has 4 N–H and O–H groups in total. The summed E-state index contributed by atoms with van der Waals surface area (Å²) in [5.41, 5.74) is -0.0756. The standard InChI is InChI=1S/C12H13ClF2N4O5/c13-9-5-10(17-2-16-9)19(3-18-5)11-12(14,15)8(23)7(22)6(21)4(1-20)24-11/h2-4,6-8,11,20-23H,1H2/t4-,6-,7+,8-,11-/m1/s1. The van der Waals surface area contributed by atoms with Crippen molar-refractivity contribution in [1.82, 2.24) is 19.5 Å². The highest BCUT2D eigenvalue weighted by Gasteiger charge is 2.58. The molecule has 0 unspecified atom stereocenters. The maximum absolute atomic E-state index is 14.6. The summed E-state index contributed by atoms with van der Waals surface area (Å²) in [6.45, 7) is -0.861. The van der Waals surface area contributed by atoms with Gasteiger partial charge >= 0.3 is 5.92 Å². The summed E-state index contributed by atoms with van der Waals surface area (Å²) in [7, 11) is 0. The number of aromatic nitrogens is 4. The molecule has 0 bridgehead atoms. The molecule has 0 aromatic carbocycles. The van der Waals surface area contributed by atoms with E-state index in [2.05, 4.69) is 15.0 Å². The average Bonchev–Trinajstić information content (AvgIpc) is 2.96. The fourth-order valence-electron chi connectivity index (χ4n) is 2.51. The van der Waals surface area contributed by atoms with Crippen molar-refractivity contribution in [2.24, 2.45) is 0 Å². The van der Waals surface area contributed by atoms with Gasteiger partial charge in [-0.15, -0.1) is 0 Å². The molecule has 1 aliphatic heterocycles. The summed E-state index contributed by atoms with van der Waals surface area (Å²) >= 11 is 5.82. The van der Waals surface area contributed by atoms with Crippen LogP contribution in [0.25, 0.3) is 11.2 Å². The molecule has 9 nitrogen and oxygen atoms in total. The lowest BCUT2D eigenvalue weighted by molar-refractivity contribution is -0.230. The number of rotatable bonds is 2. The van der Waals surface area contributed by atoms with E-state index in [4.69, 9.17) is 16.3 Å². The number of fused-ring (bicyclic) bond motifs is 1. The predicted molar refractivity (Wildman–Crippen MR) is 74.3 cm³/mol. The van der Waals surface area contributed by atoms with E-state index in [-0.39, 0.29) is 16.3 Å². The predicted octanol–water partition coefficient (Wildman–Crippen LogP) is -0.913. The van der Waals surface area contributed by atoms with Crippen LogP contribution in [0, 0.1) is 0 Å². The van der Waals surface area contributed by atoms with Gasteiger partial charge in [0.1, 0.15) is 30.2 Å². The molecule has 3 heterocycles. The molecule has 0 radical (unpaired) electrons. The first-order valence-electron chi connectivity index (χ1n) is 6.80. The smallest absolute Gasteiger partial charge is 0.320 e. The second kappa shape index (κ2) is 6.10. The van der Waals surface area contributed by atoms with Gasteiger partial charge < -0.3 is 25.2 Å². The SMILES string of the molecule is OC[C@H]1O[C@@H](n2cnc3c(Cl)ncnc32)C(F)(F)[C@H](O)[C@@H](O)[C@@H]1O. The Morgan fingerprint density at radius 2 is 1.92 bits per heavy atom. The van der Waals surface area contributed by atoms with Crippen LogP contribution in [0.4, 0.5) is 8.78 Å². The molecule has 3 rings (SSSR count). The Morgan fingerprint density at radius 3 is 2.58 bits per heavy atom. The lowest BCUT2D eigenvalue weighted by Gasteiger charge is -2.30. The minimum absolute atomic E-state index is 0.0268. The van der Waals surface area contributed by atoms with Crippen molar-refractivity contribution in [2.45, 2.75) is 36.6 Å². The minimum Gasteiger partial charge on any atom is -0.394 e. The van der Waals surface area contributed by atoms with Gasteiger partial charge in [-0.25, -0.2) is 15.0 Å². The molecule has 12 heteroatoms. The highest BCUT2D eigenvalue weighted by atomic mass is 35.5. The first kappa shape index (κ1) is 17.3. The molecule has 24 heavy (non-hydrogen) atoms. The van der Waals surface area contributed by atoms with Gasteiger partial charge in [-0.05, 0) is 0 Å². The third-order valence-corrected chi connectivity index (χ3v) is 4.10. The van der Waals surface area contributed by atoms with Crippen LogP contribution in [0.15, 0.2) is 12.7 Å². The maximum atomic E-state index is 14.6. The Kier molecular flexibility index (Phi) is 4.40. The molecule has 2 aromatic rings. The van der Waals surface area contributed by atoms with E-state index in [9.17, 15) is 29.2 Å². The van der Waals surface area contributed by atoms with Gasteiger partial charge in [0.25, 0.3) is 0 Å². The molecule has 0 saturated carbocycles. The molecule has 132 valence electrons. The number of hydrogen-bond acceptors (Lipinski definition) is 8. The van der Waals surface area contributed by atoms with Crippen LogP contribution in [-0.4, -0.2) is 76.9 Å². The van der Waals surface area contributed by atoms with Crippen LogP contribution < -0.4 is 0 Å². The van der Waals surface area contributed by atoms with Gasteiger partial charge in [0.05, 0.1) is 12.9 Å². The van der Waals surface area contributed by atoms with Crippen LogP contribution >= 0.6 is 11.6 Å². The van der Waals surface area contributed by atoms with Gasteiger partial charge in [-0.3, -0.25) is 4.57 Å².